The standard InChI is InChI=1S/C22H20F3N5O3/c1-14(30-13-27-20-9-16(33-7-6-23)3-4-17(20)21(30)31)22(32,10-29-12-26-11-28-29)18-5-2-15(24)8-19(18)25/h2-5,8-9,11-14,32H,6-7,10H2,1H3/t14-,22-/m1/s1. The van der Waals surface area contributed by atoms with E-state index >= 15 is 0 Å². The molecule has 33 heavy (non-hydrogen) atoms. The van der Waals surface area contributed by atoms with E-state index in [2.05, 4.69) is 15.1 Å². The van der Waals surface area contributed by atoms with Crippen LogP contribution >= 0.6 is 0 Å². The van der Waals surface area contributed by atoms with E-state index in [0.29, 0.717) is 17.3 Å². The second-order valence-corrected chi connectivity index (χ2v) is 7.49. The third kappa shape index (κ3) is 4.31. The van der Waals surface area contributed by atoms with Gasteiger partial charge in [0, 0.05) is 17.7 Å². The van der Waals surface area contributed by atoms with Crippen molar-refractivity contribution in [3.8, 4) is 5.75 Å². The van der Waals surface area contributed by atoms with Crippen LogP contribution in [0.5, 0.6) is 5.75 Å². The maximum atomic E-state index is 14.8. The number of aromatic nitrogens is 5. The van der Waals surface area contributed by atoms with Crippen LogP contribution in [-0.4, -0.2) is 42.7 Å². The first-order valence-corrected chi connectivity index (χ1v) is 10.0. The van der Waals surface area contributed by atoms with Crippen molar-refractivity contribution in [2.45, 2.75) is 25.1 Å². The highest BCUT2D eigenvalue weighted by molar-refractivity contribution is 5.78. The van der Waals surface area contributed by atoms with Gasteiger partial charge in [-0.05, 0) is 25.1 Å². The van der Waals surface area contributed by atoms with Gasteiger partial charge in [-0.1, -0.05) is 6.07 Å². The molecule has 172 valence electrons. The lowest BCUT2D eigenvalue weighted by atomic mass is 9.86. The van der Waals surface area contributed by atoms with Crippen LogP contribution in [-0.2, 0) is 12.1 Å². The first-order chi connectivity index (χ1) is 15.8. The fourth-order valence-electron chi connectivity index (χ4n) is 3.71. The van der Waals surface area contributed by atoms with E-state index in [1.54, 1.807) is 0 Å². The van der Waals surface area contributed by atoms with E-state index in [4.69, 9.17) is 4.74 Å². The van der Waals surface area contributed by atoms with Crippen molar-refractivity contribution >= 4 is 10.9 Å². The van der Waals surface area contributed by atoms with Crippen molar-refractivity contribution in [3.63, 3.8) is 0 Å². The summed E-state index contributed by atoms with van der Waals surface area (Å²) in [4.78, 5) is 21.3. The number of hydrogen-bond acceptors (Lipinski definition) is 6. The molecule has 8 nitrogen and oxygen atoms in total. The highest BCUT2D eigenvalue weighted by atomic mass is 19.1. The van der Waals surface area contributed by atoms with Crippen molar-refractivity contribution < 1.29 is 23.0 Å². The Morgan fingerprint density at radius 1 is 1.18 bits per heavy atom. The Labute approximate surface area is 185 Å². The maximum Gasteiger partial charge on any atom is 0.261 e. The molecule has 4 aromatic rings. The number of alkyl halides is 1. The molecule has 0 fully saturated rings. The first-order valence-electron chi connectivity index (χ1n) is 10.0. The number of rotatable bonds is 8. The zero-order valence-corrected chi connectivity index (χ0v) is 17.5. The SMILES string of the molecule is C[C@@H](n1cnc2cc(OCCF)ccc2c1=O)[C@](O)(Cn1cncn1)c1ccc(F)cc1F. The molecule has 0 bridgehead atoms. The maximum absolute atomic E-state index is 14.8. The number of benzene rings is 2. The Morgan fingerprint density at radius 3 is 2.70 bits per heavy atom. The summed E-state index contributed by atoms with van der Waals surface area (Å²) in [7, 11) is 0. The van der Waals surface area contributed by atoms with Crippen molar-refractivity contribution in [2.24, 2.45) is 0 Å². The quantitative estimate of drug-likeness (QED) is 0.436. The minimum Gasteiger partial charge on any atom is -0.491 e. The number of aliphatic hydroxyl groups is 1. The minimum absolute atomic E-state index is 0.127. The Morgan fingerprint density at radius 2 is 2.00 bits per heavy atom. The van der Waals surface area contributed by atoms with E-state index in [0.717, 1.165) is 12.1 Å². The highest BCUT2D eigenvalue weighted by Gasteiger charge is 2.41. The minimum atomic E-state index is -2.02. The van der Waals surface area contributed by atoms with Gasteiger partial charge in [-0.15, -0.1) is 0 Å². The lowest BCUT2D eigenvalue weighted by Gasteiger charge is -2.35. The lowest BCUT2D eigenvalue weighted by molar-refractivity contribution is -0.0343. The van der Waals surface area contributed by atoms with E-state index in [1.165, 1.54) is 53.4 Å². The zero-order valence-electron chi connectivity index (χ0n) is 17.5. The molecule has 0 aliphatic carbocycles. The summed E-state index contributed by atoms with van der Waals surface area (Å²) in [5.41, 5.74) is -2.42. The van der Waals surface area contributed by atoms with Crippen LogP contribution in [0.2, 0.25) is 0 Å². The van der Waals surface area contributed by atoms with Crippen molar-refractivity contribution in [3.05, 3.63) is 82.9 Å². The van der Waals surface area contributed by atoms with Crippen LogP contribution < -0.4 is 10.3 Å². The average molecular weight is 459 g/mol. The molecule has 0 saturated heterocycles. The molecule has 2 aromatic carbocycles. The smallest absolute Gasteiger partial charge is 0.261 e. The molecular weight excluding hydrogens is 439 g/mol. The van der Waals surface area contributed by atoms with Gasteiger partial charge >= 0.3 is 0 Å². The molecule has 2 aromatic heterocycles. The van der Waals surface area contributed by atoms with Crippen molar-refractivity contribution in [2.75, 3.05) is 13.3 Å². The number of fused-ring (bicyclic) bond motifs is 1. The molecule has 4 rings (SSSR count). The predicted octanol–water partition coefficient (Wildman–Crippen LogP) is 2.76. The first kappa shape index (κ1) is 22.5. The third-order valence-corrected chi connectivity index (χ3v) is 5.48. The largest absolute Gasteiger partial charge is 0.491 e. The van der Waals surface area contributed by atoms with Gasteiger partial charge in [-0.2, -0.15) is 5.10 Å². The average Bonchev–Trinajstić information content (AvgIpc) is 3.30. The Bertz CT molecular complexity index is 1330. The fourth-order valence-corrected chi connectivity index (χ4v) is 3.71. The van der Waals surface area contributed by atoms with E-state index in [9.17, 15) is 23.1 Å². The normalized spacial score (nSPS) is 14.2. The summed E-state index contributed by atoms with van der Waals surface area (Å²) < 4.78 is 48.3. The summed E-state index contributed by atoms with van der Waals surface area (Å²) in [6.45, 7) is 0.470. The number of halogens is 3. The van der Waals surface area contributed by atoms with E-state index in [-0.39, 0.29) is 24.1 Å². The third-order valence-electron chi connectivity index (χ3n) is 5.48. The molecule has 0 radical (unpaired) electrons. The van der Waals surface area contributed by atoms with Crippen LogP contribution in [0.15, 0.2) is 60.2 Å². The topological polar surface area (TPSA) is 95.1 Å². The second kappa shape index (κ2) is 9.02. The molecule has 1 N–H and O–H groups in total. The Balaban J connectivity index is 1.80. The molecular formula is C22H20F3N5O3. The molecule has 0 amide bonds. The predicted molar refractivity (Wildman–Crippen MR) is 112 cm³/mol. The molecule has 2 heterocycles. The van der Waals surface area contributed by atoms with Gasteiger partial charge in [0.1, 0.15) is 48.9 Å². The van der Waals surface area contributed by atoms with Gasteiger partial charge in [0.05, 0.1) is 29.8 Å². The molecule has 0 unspecified atom stereocenters. The van der Waals surface area contributed by atoms with Crippen molar-refractivity contribution in [1.82, 2.24) is 24.3 Å². The number of ether oxygens (including phenoxy) is 1. The van der Waals surface area contributed by atoms with Crippen LogP contribution in [0.4, 0.5) is 13.2 Å². The molecule has 0 spiro atoms. The van der Waals surface area contributed by atoms with Crippen LogP contribution in [0.3, 0.4) is 0 Å². The van der Waals surface area contributed by atoms with Gasteiger partial charge in [-0.25, -0.2) is 27.8 Å². The van der Waals surface area contributed by atoms with Gasteiger partial charge in [0.2, 0.25) is 0 Å². The van der Waals surface area contributed by atoms with Crippen molar-refractivity contribution in [1.29, 1.82) is 0 Å². The fraction of sp³-hybridized carbons (Fsp3) is 0.273. The van der Waals surface area contributed by atoms with E-state index < -0.39 is 35.5 Å². The lowest BCUT2D eigenvalue weighted by Crippen LogP contribution is -2.43. The summed E-state index contributed by atoms with van der Waals surface area (Å²) in [5.74, 6) is -1.42. The molecule has 11 heteroatoms. The molecule has 0 saturated carbocycles. The number of nitrogens with zero attached hydrogens (tertiary/aromatic N) is 5. The highest BCUT2D eigenvalue weighted by Crippen LogP contribution is 2.36. The summed E-state index contributed by atoms with van der Waals surface area (Å²) >= 11 is 0. The Hall–Kier alpha value is -3.73. The molecule has 0 aliphatic rings. The van der Waals surface area contributed by atoms with Gasteiger partial charge in [0.15, 0.2) is 0 Å². The monoisotopic (exact) mass is 459 g/mol. The summed E-state index contributed by atoms with van der Waals surface area (Å²) in [5, 5.41) is 15.9. The summed E-state index contributed by atoms with van der Waals surface area (Å²) in [6, 6.07) is 6.27. The van der Waals surface area contributed by atoms with Crippen LogP contribution in [0, 0.1) is 11.6 Å². The molecule has 0 aliphatic heterocycles. The summed E-state index contributed by atoms with van der Waals surface area (Å²) in [6.07, 6.45) is 3.81. The van der Waals surface area contributed by atoms with Gasteiger partial charge < -0.3 is 9.84 Å². The molecule has 2 atom stereocenters. The van der Waals surface area contributed by atoms with Crippen LogP contribution in [0.1, 0.15) is 18.5 Å². The van der Waals surface area contributed by atoms with Crippen LogP contribution in [0.25, 0.3) is 10.9 Å². The van der Waals surface area contributed by atoms with E-state index in [1.807, 2.05) is 0 Å². The second-order valence-electron chi connectivity index (χ2n) is 7.49. The van der Waals surface area contributed by atoms with Gasteiger partial charge in [0.25, 0.3) is 5.56 Å². The number of hydrogen-bond donors (Lipinski definition) is 1. The Kier molecular flexibility index (Phi) is 6.14. The zero-order chi connectivity index (χ0) is 23.6. The van der Waals surface area contributed by atoms with Gasteiger partial charge in [-0.3, -0.25) is 9.36 Å².